The zero-order valence-electron chi connectivity index (χ0n) is 11.4. The second-order valence-corrected chi connectivity index (χ2v) is 6.31. The molecule has 0 bridgehead atoms. The van der Waals surface area contributed by atoms with Gasteiger partial charge in [-0.05, 0) is 32.6 Å². The van der Waals surface area contributed by atoms with Crippen LogP contribution in [-0.2, 0) is 11.3 Å². The molecule has 1 fully saturated rings. The third-order valence-corrected chi connectivity index (χ3v) is 4.75. The summed E-state index contributed by atoms with van der Waals surface area (Å²) in [6.07, 6.45) is 2.59. The molecule has 19 heavy (non-hydrogen) atoms. The van der Waals surface area contributed by atoms with Gasteiger partial charge in [-0.3, -0.25) is 9.59 Å². The van der Waals surface area contributed by atoms with Crippen molar-refractivity contribution in [2.75, 3.05) is 6.54 Å². The quantitative estimate of drug-likeness (QED) is 0.812. The number of carbonyl (C=O) groups excluding carboxylic acids is 1. The van der Waals surface area contributed by atoms with Crippen molar-refractivity contribution in [1.82, 2.24) is 9.88 Å². The highest BCUT2D eigenvalue weighted by Gasteiger charge is 2.41. The average molecular weight is 283 g/mol. The smallest absolute Gasteiger partial charge is 0.307 e. The van der Waals surface area contributed by atoms with Crippen LogP contribution in [0, 0.1) is 12.8 Å². The van der Waals surface area contributed by atoms with E-state index in [1.165, 1.54) is 11.3 Å². The van der Waals surface area contributed by atoms with E-state index in [1.54, 1.807) is 4.57 Å². The van der Waals surface area contributed by atoms with Crippen LogP contribution in [0.2, 0.25) is 0 Å². The predicted molar refractivity (Wildman–Crippen MR) is 76.3 cm³/mol. The van der Waals surface area contributed by atoms with Crippen molar-refractivity contribution in [3.8, 4) is 0 Å². The number of amides is 1. The lowest BCUT2D eigenvalue weighted by atomic mass is 9.96. The largest absolute Gasteiger partial charge is 0.349 e. The maximum atomic E-state index is 12.0. The Morgan fingerprint density at radius 1 is 1.63 bits per heavy atom. The fourth-order valence-corrected chi connectivity index (χ4v) is 3.07. The summed E-state index contributed by atoms with van der Waals surface area (Å²) < 4.78 is 1.64. The van der Waals surface area contributed by atoms with E-state index < -0.39 is 0 Å². The Bertz CT molecular complexity index is 518. The second kappa shape index (κ2) is 5.46. The molecule has 1 aliphatic carbocycles. The molecular weight excluding hydrogens is 262 g/mol. The van der Waals surface area contributed by atoms with Crippen LogP contribution >= 0.6 is 11.3 Å². The molecule has 0 spiro atoms. The first kappa shape index (κ1) is 14.3. The first-order valence-corrected chi connectivity index (χ1v) is 7.50. The summed E-state index contributed by atoms with van der Waals surface area (Å²) in [6, 6.07) is 0. The molecule has 1 heterocycles. The van der Waals surface area contributed by atoms with E-state index in [2.05, 4.69) is 5.32 Å². The third-order valence-electron chi connectivity index (χ3n) is 3.87. The van der Waals surface area contributed by atoms with Gasteiger partial charge in [0, 0.05) is 30.6 Å². The number of rotatable bonds is 6. The lowest BCUT2D eigenvalue weighted by Gasteiger charge is -2.29. The number of aromatic nitrogens is 1. The highest BCUT2D eigenvalue weighted by Crippen LogP contribution is 2.38. The van der Waals surface area contributed by atoms with Gasteiger partial charge in [0.05, 0.1) is 5.54 Å². The molecular formula is C13H21N3O2S. The van der Waals surface area contributed by atoms with Crippen molar-refractivity contribution in [2.24, 2.45) is 11.7 Å². The molecule has 0 radical (unpaired) electrons. The summed E-state index contributed by atoms with van der Waals surface area (Å²) in [5.41, 5.74) is 6.39. The van der Waals surface area contributed by atoms with Crippen LogP contribution < -0.4 is 15.9 Å². The van der Waals surface area contributed by atoms with Crippen LogP contribution in [0.15, 0.2) is 10.2 Å². The van der Waals surface area contributed by atoms with Gasteiger partial charge in [-0.15, -0.1) is 0 Å². The number of hydrogen-bond donors (Lipinski definition) is 2. The van der Waals surface area contributed by atoms with Gasteiger partial charge in [-0.25, -0.2) is 0 Å². The molecule has 106 valence electrons. The summed E-state index contributed by atoms with van der Waals surface area (Å²) in [4.78, 5) is 23.5. The summed E-state index contributed by atoms with van der Waals surface area (Å²) >= 11 is 1.17. The van der Waals surface area contributed by atoms with Crippen molar-refractivity contribution in [2.45, 2.75) is 45.2 Å². The van der Waals surface area contributed by atoms with Gasteiger partial charge in [-0.2, -0.15) is 0 Å². The number of thiazole rings is 1. The summed E-state index contributed by atoms with van der Waals surface area (Å²) in [6.45, 7) is 4.78. The topological polar surface area (TPSA) is 77.1 Å². The summed E-state index contributed by atoms with van der Waals surface area (Å²) in [7, 11) is 0. The van der Waals surface area contributed by atoms with Crippen molar-refractivity contribution in [3.63, 3.8) is 0 Å². The SMILES string of the molecule is Cc1csc(=O)n1CCC(=O)NC(C)(CN)C1CC1. The normalized spacial score (nSPS) is 18.1. The van der Waals surface area contributed by atoms with E-state index in [4.69, 9.17) is 5.73 Å². The van der Waals surface area contributed by atoms with Crippen LogP contribution in [-0.4, -0.2) is 22.6 Å². The van der Waals surface area contributed by atoms with Crippen LogP contribution in [0.5, 0.6) is 0 Å². The summed E-state index contributed by atoms with van der Waals surface area (Å²) in [5.74, 6) is 0.476. The molecule has 1 aromatic heterocycles. The molecule has 0 aromatic carbocycles. The number of nitrogens with two attached hydrogens (primary N) is 1. The van der Waals surface area contributed by atoms with E-state index in [0.717, 1.165) is 18.5 Å². The van der Waals surface area contributed by atoms with Gasteiger partial charge < -0.3 is 15.6 Å². The Labute approximate surface area is 116 Å². The summed E-state index contributed by atoms with van der Waals surface area (Å²) in [5, 5.41) is 4.84. The zero-order chi connectivity index (χ0) is 14.0. The first-order valence-electron chi connectivity index (χ1n) is 6.62. The van der Waals surface area contributed by atoms with Gasteiger partial charge in [0.1, 0.15) is 0 Å². The number of nitrogens with one attached hydrogen (secondary N) is 1. The molecule has 3 N–H and O–H groups in total. The molecule has 6 heteroatoms. The van der Waals surface area contributed by atoms with E-state index >= 15 is 0 Å². The van der Waals surface area contributed by atoms with Crippen LogP contribution in [0.3, 0.4) is 0 Å². The van der Waals surface area contributed by atoms with Crippen molar-refractivity contribution >= 4 is 17.2 Å². The van der Waals surface area contributed by atoms with Gasteiger partial charge >= 0.3 is 4.87 Å². The lowest BCUT2D eigenvalue weighted by molar-refractivity contribution is -0.123. The Balaban J connectivity index is 1.90. The lowest BCUT2D eigenvalue weighted by Crippen LogP contribution is -2.53. The Hall–Kier alpha value is -1.14. The fraction of sp³-hybridized carbons (Fsp3) is 0.692. The van der Waals surface area contributed by atoms with E-state index in [9.17, 15) is 9.59 Å². The molecule has 5 nitrogen and oxygen atoms in total. The van der Waals surface area contributed by atoms with E-state index in [0.29, 0.717) is 25.4 Å². The van der Waals surface area contributed by atoms with Gasteiger partial charge in [0.25, 0.3) is 0 Å². The highest BCUT2D eigenvalue weighted by atomic mass is 32.1. The number of carbonyl (C=O) groups is 1. The minimum atomic E-state index is -0.286. The zero-order valence-corrected chi connectivity index (χ0v) is 12.3. The molecule has 1 saturated carbocycles. The van der Waals surface area contributed by atoms with Crippen LogP contribution in [0.4, 0.5) is 0 Å². The fourth-order valence-electron chi connectivity index (χ4n) is 2.31. The number of hydrogen-bond acceptors (Lipinski definition) is 4. The van der Waals surface area contributed by atoms with Gasteiger partial charge in [0.2, 0.25) is 5.91 Å². The average Bonchev–Trinajstić information content (AvgIpc) is 3.16. The Morgan fingerprint density at radius 3 is 2.79 bits per heavy atom. The minimum absolute atomic E-state index is 0.00548. The van der Waals surface area contributed by atoms with E-state index in [-0.39, 0.29) is 16.3 Å². The molecule has 2 rings (SSSR count). The molecule has 1 amide bonds. The maximum absolute atomic E-state index is 12.0. The third kappa shape index (κ3) is 3.25. The van der Waals surface area contributed by atoms with Crippen molar-refractivity contribution in [1.29, 1.82) is 0 Å². The number of aryl methyl sites for hydroxylation is 1. The van der Waals surface area contributed by atoms with Gasteiger partial charge in [-0.1, -0.05) is 11.3 Å². The monoisotopic (exact) mass is 283 g/mol. The molecule has 1 aromatic rings. The second-order valence-electron chi connectivity index (χ2n) is 5.49. The minimum Gasteiger partial charge on any atom is -0.349 e. The molecule has 1 unspecified atom stereocenters. The maximum Gasteiger partial charge on any atom is 0.307 e. The first-order chi connectivity index (χ1) is 8.96. The van der Waals surface area contributed by atoms with Crippen LogP contribution in [0.1, 0.15) is 31.9 Å². The van der Waals surface area contributed by atoms with E-state index in [1.807, 2.05) is 19.2 Å². The predicted octanol–water partition coefficient (Wildman–Crippen LogP) is 0.852. The Kier molecular flexibility index (Phi) is 4.10. The molecule has 1 atom stereocenters. The van der Waals surface area contributed by atoms with Crippen LogP contribution in [0.25, 0.3) is 0 Å². The molecule has 0 saturated heterocycles. The van der Waals surface area contributed by atoms with Crippen molar-refractivity contribution < 1.29 is 4.79 Å². The molecule has 0 aliphatic heterocycles. The molecule has 1 aliphatic rings. The number of nitrogens with zero attached hydrogens (tertiary/aromatic N) is 1. The van der Waals surface area contributed by atoms with Crippen molar-refractivity contribution in [3.05, 3.63) is 20.7 Å². The highest BCUT2D eigenvalue weighted by molar-refractivity contribution is 7.07. The standard InChI is InChI=1S/C13H21N3O2S/c1-9-7-19-12(18)16(9)6-5-11(17)15-13(2,8-14)10-3-4-10/h7,10H,3-6,8,14H2,1-2H3,(H,15,17). The van der Waals surface area contributed by atoms with Gasteiger partial charge in [0.15, 0.2) is 0 Å². The Morgan fingerprint density at radius 2 is 2.32 bits per heavy atom.